The second-order valence-electron chi connectivity index (χ2n) is 13.3. The normalized spacial score (nSPS) is 22.1. The van der Waals surface area contributed by atoms with Gasteiger partial charge < -0.3 is 23.8 Å². The molecule has 0 radical (unpaired) electrons. The summed E-state index contributed by atoms with van der Waals surface area (Å²) in [5, 5.41) is 9.11. The molecule has 5 heterocycles. The third kappa shape index (κ3) is 5.93. The Morgan fingerprint density at radius 1 is 0.850 bits per heavy atom. The number of amides is 2. The topological polar surface area (TPSA) is 104 Å². The first-order chi connectivity index (χ1) is 18.7. The van der Waals surface area contributed by atoms with E-state index in [-0.39, 0.29) is 24.1 Å². The van der Waals surface area contributed by atoms with E-state index in [2.05, 4.69) is 10.2 Å². The highest BCUT2D eigenvalue weighted by Gasteiger charge is 2.52. The van der Waals surface area contributed by atoms with Crippen molar-refractivity contribution in [2.24, 2.45) is 0 Å². The van der Waals surface area contributed by atoms with Crippen LogP contribution < -0.4 is 5.46 Å². The monoisotopic (exact) mass is 554 g/mol. The number of likely N-dealkylation sites (tertiary alicyclic amines) is 2. The minimum atomic E-state index is -0.505. The number of ether oxygens (including phenoxy) is 1. The SMILES string of the molecule is CC(C)(C)OC(=O)N1CCC(n2cc(C(=O)N3CCC(n4cc(B5OC(C)(C)C(C)(C)O5)cn4)CC3)cn2)CC1. The van der Waals surface area contributed by atoms with E-state index in [0.29, 0.717) is 31.7 Å². The van der Waals surface area contributed by atoms with E-state index in [1.54, 1.807) is 11.1 Å². The molecule has 3 fully saturated rings. The molecule has 0 bridgehead atoms. The Labute approximate surface area is 237 Å². The number of piperidine rings is 2. The zero-order chi connectivity index (χ0) is 28.9. The predicted octanol–water partition coefficient (Wildman–Crippen LogP) is 3.43. The standard InChI is InChI=1S/C28H43BN6O5/c1-26(2,3)38-25(37)33-14-10-22(11-15-33)34-18-20(16-30-34)24(36)32-12-8-23(9-13-32)35-19-21(17-31-35)29-39-27(4,5)28(6,7)40-29/h16-19,22-23H,8-15H2,1-7H3. The molecular formula is C28H43BN6O5. The molecule has 40 heavy (non-hydrogen) atoms. The second kappa shape index (κ2) is 10.5. The minimum Gasteiger partial charge on any atom is -0.444 e. The molecule has 0 saturated carbocycles. The lowest BCUT2D eigenvalue weighted by Crippen LogP contribution is -2.42. The molecule has 0 aromatic carbocycles. The molecule has 11 nitrogen and oxygen atoms in total. The smallest absolute Gasteiger partial charge is 0.444 e. The van der Waals surface area contributed by atoms with Crippen molar-refractivity contribution in [1.82, 2.24) is 29.4 Å². The molecule has 3 aliphatic heterocycles. The van der Waals surface area contributed by atoms with Crippen LogP contribution in [0.3, 0.4) is 0 Å². The van der Waals surface area contributed by atoms with Crippen molar-refractivity contribution in [2.75, 3.05) is 26.2 Å². The van der Waals surface area contributed by atoms with Crippen molar-refractivity contribution >= 4 is 24.6 Å². The van der Waals surface area contributed by atoms with Crippen molar-refractivity contribution in [3.63, 3.8) is 0 Å². The van der Waals surface area contributed by atoms with Gasteiger partial charge in [0, 0.05) is 50.2 Å². The van der Waals surface area contributed by atoms with Crippen molar-refractivity contribution in [3.05, 3.63) is 30.4 Å². The summed E-state index contributed by atoms with van der Waals surface area (Å²) in [5.74, 6) is 0.00858. The molecule has 3 aliphatic rings. The van der Waals surface area contributed by atoms with E-state index >= 15 is 0 Å². The predicted molar refractivity (Wildman–Crippen MR) is 150 cm³/mol. The average Bonchev–Trinajstić information content (AvgIpc) is 3.61. The number of hydrogen-bond acceptors (Lipinski definition) is 7. The summed E-state index contributed by atoms with van der Waals surface area (Å²) in [6.45, 7) is 16.3. The van der Waals surface area contributed by atoms with Crippen LogP contribution in [0.5, 0.6) is 0 Å². The van der Waals surface area contributed by atoms with Crippen LogP contribution in [-0.2, 0) is 14.0 Å². The Morgan fingerprint density at radius 2 is 1.35 bits per heavy atom. The van der Waals surface area contributed by atoms with Gasteiger partial charge in [0.15, 0.2) is 0 Å². The zero-order valence-electron chi connectivity index (χ0n) is 24.9. The van der Waals surface area contributed by atoms with Crippen LogP contribution in [0.25, 0.3) is 0 Å². The van der Waals surface area contributed by atoms with Gasteiger partial charge in [-0.3, -0.25) is 14.2 Å². The van der Waals surface area contributed by atoms with Crippen LogP contribution in [0, 0.1) is 0 Å². The first-order valence-electron chi connectivity index (χ1n) is 14.4. The van der Waals surface area contributed by atoms with Crippen LogP contribution in [0.15, 0.2) is 24.8 Å². The molecule has 0 atom stereocenters. The van der Waals surface area contributed by atoms with Gasteiger partial charge in [0.2, 0.25) is 0 Å². The molecule has 2 aromatic heterocycles. The van der Waals surface area contributed by atoms with Crippen molar-refractivity contribution in [3.8, 4) is 0 Å². The summed E-state index contributed by atoms with van der Waals surface area (Å²) in [5.41, 5.74) is 0.236. The highest BCUT2D eigenvalue weighted by atomic mass is 16.7. The Morgan fingerprint density at radius 3 is 1.90 bits per heavy atom. The number of aromatic nitrogens is 4. The van der Waals surface area contributed by atoms with Gasteiger partial charge in [0.1, 0.15) is 5.60 Å². The number of rotatable bonds is 4. The van der Waals surface area contributed by atoms with E-state index < -0.39 is 23.9 Å². The minimum absolute atomic E-state index is 0.00858. The Balaban J connectivity index is 1.11. The Bertz CT molecular complexity index is 1200. The van der Waals surface area contributed by atoms with Gasteiger partial charge in [0.05, 0.1) is 35.0 Å². The highest BCUT2D eigenvalue weighted by molar-refractivity contribution is 6.62. The fourth-order valence-electron chi connectivity index (χ4n) is 5.46. The third-order valence-electron chi connectivity index (χ3n) is 8.61. The van der Waals surface area contributed by atoms with Crippen molar-refractivity contribution in [2.45, 2.75) is 103 Å². The van der Waals surface area contributed by atoms with Crippen LogP contribution in [-0.4, -0.2) is 91.5 Å². The van der Waals surface area contributed by atoms with Gasteiger partial charge in [-0.2, -0.15) is 10.2 Å². The summed E-state index contributed by atoms with van der Waals surface area (Å²) < 4.78 is 21.7. The molecule has 0 unspecified atom stereocenters. The van der Waals surface area contributed by atoms with E-state index in [1.807, 2.05) is 81.3 Å². The zero-order valence-corrected chi connectivity index (χ0v) is 24.9. The lowest BCUT2D eigenvalue weighted by atomic mass is 9.82. The first kappa shape index (κ1) is 28.7. The number of hydrogen-bond donors (Lipinski definition) is 0. The van der Waals surface area contributed by atoms with Gasteiger partial charge in [-0.25, -0.2) is 4.79 Å². The number of carbonyl (C=O) groups excluding carboxylic acids is 2. The van der Waals surface area contributed by atoms with E-state index in [9.17, 15) is 9.59 Å². The third-order valence-corrected chi connectivity index (χ3v) is 8.61. The summed E-state index contributed by atoms with van der Waals surface area (Å²) in [4.78, 5) is 29.3. The lowest BCUT2D eigenvalue weighted by Gasteiger charge is -2.33. The van der Waals surface area contributed by atoms with E-state index in [1.165, 1.54) is 0 Å². The second-order valence-corrected chi connectivity index (χ2v) is 13.3. The van der Waals surface area contributed by atoms with Gasteiger partial charge in [-0.15, -0.1) is 0 Å². The highest BCUT2D eigenvalue weighted by Crippen LogP contribution is 2.36. The first-order valence-corrected chi connectivity index (χ1v) is 14.4. The molecule has 0 aliphatic carbocycles. The van der Waals surface area contributed by atoms with Crippen molar-refractivity contribution < 1.29 is 23.6 Å². The summed E-state index contributed by atoms with van der Waals surface area (Å²) in [6.07, 6.45) is 10.3. The summed E-state index contributed by atoms with van der Waals surface area (Å²) in [6, 6.07) is 0.377. The summed E-state index contributed by atoms with van der Waals surface area (Å²) in [7, 11) is -0.429. The molecule has 2 amide bonds. The maximum atomic E-state index is 13.3. The van der Waals surface area contributed by atoms with Crippen LogP contribution in [0.2, 0.25) is 0 Å². The van der Waals surface area contributed by atoms with Gasteiger partial charge >= 0.3 is 13.2 Å². The van der Waals surface area contributed by atoms with Crippen LogP contribution in [0.4, 0.5) is 4.79 Å². The molecule has 2 aromatic rings. The average molecular weight is 555 g/mol. The van der Waals surface area contributed by atoms with E-state index in [4.69, 9.17) is 14.0 Å². The van der Waals surface area contributed by atoms with Crippen molar-refractivity contribution in [1.29, 1.82) is 0 Å². The maximum absolute atomic E-state index is 13.3. The van der Waals surface area contributed by atoms with Crippen LogP contribution in [0.1, 0.15) is 96.6 Å². The quantitative estimate of drug-likeness (QED) is 0.534. The fourth-order valence-corrected chi connectivity index (χ4v) is 5.46. The maximum Gasteiger partial charge on any atom is 0.498 e. The van der Waals surface area contributed by atoms with Gasteiger partial charge in [0.25, 0.3) is 5.91 Å². The molecule has 12 heteroatoms. The van der Waals surface area contributed by atoms with E-state index in [0.717, 1.165) is 31.1 Å². The molecule has 0 spiro atoms. The van der Waals surface area contributed by atoms with Gasteiger partial charge in [-0.05, 0) is 74.1 Å². The molecule has 0 N–H and O–H groups in total. The Hall–Kier alpha value is -2.86. The van der Waals surface area contributed by atoms with Gasteiger partial charge in [-0.1, -0.05) is 0 Å². The number of nitrogens with zero attached hydrogens (tertiary/aromatic N) is 6. The summed E-state index contributed by atoms with van der Waals surface area (Å²) >= 11 is 0. The largest absolute Gasteiger partial charge is 0.498 e. The lowest BCUT2D eigenvalue weighted by molar-refractivity contribution is 0.00578. The molecule has 218 valence electrons. The molecule has 5 rings (SSSR count). The van der Waals surface area contributed by atoms with Crippen LogP contribution >= 0.6 is 0 Å². The number of carbonyl (C=O) groups is 2. The Kier molecular flexibility index (Phi) is 7.54. The molecular weight excluding hydrogens is 511 g/mol. The fraction of sp³-hybridized carbons (Fsp3) is 0.714. The molecule has 3 saturated heterocycles.